The van der Waals surface area contributed by atoms with Crippen LogP contribution >= 0.6 is 11.6 Å². The third-order valence-corrected chi connectivity index (χ3v) is 3.11. The molecule has 94 valence electrons. The average molecular weight is 262 g/mol. The van der Waals surface area contributed by atoms with Crippen molar-refractivity contribution >= 4 is 17.3 Å². The molecule has 0 aromatic heterocycles. The molecule has 0 saturated heterocycles. The van der Waals surface area contributed by atoms with Gasteiger partial charge in [0.1, 0.15) is 0 Å². The first-order valence-electron chi connectivity index (χ1n) is 5.86. The van der Waals surface area contributed by atoms with Crippen LogP contribution in [-0.4, -0.2) is 18.7 Å². The predicted molar refractivity (Wildman–Crippen MR) is 76.1 cm³/mol. The van der Waals surface area contributed by atoms with Crippen molar-refractivity contribution < 1.29 is 5.11 Å². The van der Waals surface area contributed by atoms with E-state index in [0.717, 1.165) is 11.3 Å². The van der Waals surface area contributed by atoms with E-state index in [4.69, 9.17) is 11.6 Å². The highest BCUT2D eigenvalue weighted by Crippen LogP contribution is 2.20. The number of aliphatic hydroxyl groups is 1. The summed E-state index contributed by atoms with van der Waals surface area (Å²) in [5, 5.41) is 10.8. The number of benzene rings is 2. The van der Waals surface area contributed by atoms with Crippen LogP contribution in [0.5, 0.6) is 0 Å². The molecule has 2 aromatic carbocycles. The number of nitrogens with zero attached hydrogens (tertiary/aromatic N) is 1. The largest absolute Gasteiger partial charge is 0.387 e. The predicted octanol–water partition coefficient (Wildman–Crippen LogP) is 3.51. The molecule has 3 heteroatoms. The lowest BCUT2D eigenvalue weighted by Gasteiger charge is -2.23. The Labute approximate surface area is 112 Å². The van der Waals surface area contributed by atoms with Crippen molar-refractivity contribution in [1.82, 2.24) is 0 Å². The van der Waals surface area contributed by atoms with Crippen LogP contribution in [-0.2, 0) is 0 Å². The zero-order chi connectivity index (χ0) is 13.0. The SMILES string of the molecule is CN(CC(O)c1cccc(Cl)c1)c1ccccc1. The van der Waals surface area contributed by atoms with E-state index in [-0.39, 0.29) is 0 Å². The molecule has 0 aliphatic heterocycles. The third kappa shape index (κ3) is 3.25. The molecule has 1 N–H and O–H groups in total. The van der Waals surface area contributed by atoms with Crippen LogP contribution in [0.15, 0.2) is 54.6 Å². The van der Waals surface area contributed by atoms with Gasteiger partial charge in [0, 0.05) is 24.3 Å². The molecule has 1 atom stereocenters. The molecule has 0 heterocycles. The van der Waals surface area contributed by atoms with Crippen LogP contribution in [0.25, 0.3) is 0 Å². The van der Waals surface area contributed by atoms with Crippen molar-refractivity contribution in [3.05, 3.63) is 65.2 Å². The summed E-state index contributed by atoms with van der Waals surface area (Å²) < 4.78 is 0. The van der Waals surface area contributed by atoms with Gasteiger partial charge in [-0.05, 0) is 29.8 Å². The maximum Gasteiger partial charge on any atom is 0.0965 e. The summed E-state index contributed by atoms with van der Waals surface area (Å²) in [6.45, 7) is 0.532. The number of para-hydroxylation sites is 1. The van der Waals surface area contributed by atoms with Crippen LogP contribution in [0, 0.1) is 0 Å². The topological polar surface area (TPSA) is 23.5 Å². The lowest BCUT2D eigenvalue weighted by molar-refractivity contribution is 0.185. The summed E-state index contributed by atoms with van der Waals surface area (Å²) in [5.74, 6) is 0. The number of hydrogen-bond donors (Lipinski definition) is 1. The van der Waals surface area contributed by atoms with E-state index in [1.165, 1.54) is 0 Å². The summed E-state index contributed by atoms with van der Waals surface area (Å²) in [7, 11) is 1.96. The van der Waals surface area contributed by atoms with Crippen molar-refractivity contribution in [2.24, 2.45) is 0 Å². The Balaban J connectivity index is 2.05. The third-order valence-electron chi connectivity index (χ3n) is 2.88. The molecule has 0 aliphatic rings. The van der Waals surface area contributed by atoms with Crippen molar-refractivity contribution in [1.29, 1.82) is 0 Å². The second-order valence-electron chi connectivity index (χ2n) is 4.29. The molecular weight excluding hydrogens is 246 g/mol. The highest BCUT2D eigenvalue weighted by atomic mass is 35.5. The molecule has 0 saturated carbocycles. The van der Waals surface area contributed by atoms with E-state index in [1.54, 1.807) is 12.1 Å². The molecule has 0 bridgehead atoms. The summed E-state index contributed by atoms with van der Waals surface area (Å²) in [5.41, 5.74) is 1.92. The fraction of sp³-hybridized carbons (Fsp3) is 0.200. The van der Waals surface area contributed by atoms with Crippen LogP contribution in [0.4, 0.5) is 5.69 Å². The highest BCUT2D eigenvalue weighted by Gasteiger charge is 2.11. The first-order valence-corrected chi connectivity index (χ1v) is 6.24. The van der Waals surface area contributed by atoms with Crippen LogP contribution in [0.3, 0.4) is 0 Å². The molecule has 2 rings (SSSR count). The van der Waals surface area contributed by atoms with E-state index in [1.807, 2.05) is 54.4 Å². The van der Waals surface area contributed by atoms with Gasteiger partial charge in [0.2, 0.25) is 0 Å². The molecule has 1 unspecified atom stereocenters. The minimum absolute atomic E-state index is 0.532. The quantitative estimate of drug-likeness (QED) is 0.910. The summed E-state index contributed by atoms with van der Waals surface area (Å²) in [6, 6.07) is 17.3. The minimum Gasteiger partial charge on any atom is -0.387 e. The van der Waals surface area contributed by atoms with Crippen LogP contribution < -0.4 is 4.90 Å². The van der Waals surface area contributed by atoms with E-state index >= 15 is 0 Å². The van der Waals surface area contributed by atoms with Gasteiger partial charge in [0.15, 0.2) is 0 Å². The first kappa shape index (κ1) is 12.9. The number of rotatable bonds is 4. The van der Waals surface area contributed by atoms with Gasteiger partial charge in [-0.15, -0.1) is 0 Å². The Morgan fingerprint density at radius 2 is 1.83 bits per heavy atom. The summed E-state index contributed by atoms with van der Waals surface area (Å²) in [4.78, 5) is 2.02. The smallest absolute Gasteiger partial charge is 0.0965 e. The van der Waals surface area contributed by atoms with Crippen LogP contribution in [0.2, 0.25) is 5.02 Å². The Bertz CT molecular complexity index is 501. The van der Waals surface area contributed by atoms with Gasteiger partial charge < -0.3 is 10.0 Å². The Hall–Kier alpha value is -1.51. The molecule has 0 amide bonds. The number of anilines is 1. The molecule has 0 aliphatic carbocycles. The lowest BCUT2D eigenvalue weighted by atomic mass is 10.1. The monoisotopic (exact) mass is 261 g/mol. The number of halogens is 1. The number of aliphatic hydroxyl groups excluding tert-OH is 1. The second-order valence-corrected chi connectivity index (χ2v) is 4.72. The van der Waals surface area contributed by atoms with E-state index in [2.05, 4.69) is 0 Å². The zero-order valence-electron chi connectivity index (χ0n) is 10.3. The summed E-state index contributed by atoms with van der Waals surface area (Å²) in [6.07, 6.45) is -0.547. The molecule has 2 aromatic rings. The van der Waals surface area contributed by atoms with E-state index in [0.29, 0.717) is 11.6 Å². The molecule has 0 fully saturated rings. The van der Waals surface area contributed by atoms with Crippen molar-refractivity contribution in [2.75, 3.05) is 18.5 Å². The van der Waals surface area contributed by atoms with Crippen molar-refractivity contribution in [2.45, 2.75) is 6.10 Å². The lowest BCUT2D eigenvalue weighted by Crippen LogP contribution is -2.24. The minimum atomic E-state index is -0.547. The van der Waals surface area contributed by atoms with Crippen molar-refractivity contribution in [3.63, 3.8) is 0 Å². The van der Waals surface area contributed by atoms with Gasteiger partial charge in [-0.25, -0.2) is 0 Å². The Morgan fingerprint density at radius 1 is 1.11 bits per heavy atom. The first-order chi connectivity index (χ1) is 8.66. The van der Waals surface area contributed by atoms with E-state index in [9.17, 15) is 5.11 Å². The van der Waals surface area contributed by atoms with Gasteiger partial charge in [-0.1, -0.05) is 41.9 Å². The second kappa shape index (κ2) is 5.89. The van der Waals surface area contributed by atoms with Gasteiger partial charge in [-0.2, -0.15) is 0 Å². The standard InChI is InChI=1S/C15H16ClNO/c1-17(14-8-3-2-4-9-14)11-15(18)12-6-5-7-13(16)10-12/h2-10,15,18H,11H2,1H3. The molecule has 18 heavy (non-hydrogen) atoms. The van der Waals surface area contributed by atoms with Crippen LogP contribution in [0.1, 0.15) is 11.7 Å². The van der Waals surface area contributed by atoms with Gasteiger partial charge >= 0.3 is 0 Å². The normalized spacial score (nSPS) is 12.2. The molecular formula is C15H16ClNO. The zero-order valence-corrected chi connectivity index (χ0v) is 11.0. The summed E-state index contributed by atoms with van der Waals surface area (Å²) >= 11 is 5.92. The maximum absolute atomic E-state index is 10.2. The molecule has 0 spiro atoms. The van der Waals surface area contributed by atoms with Gasteiger partial charge in [0.25, 0.3) is 0 Å². The van der Waals surface area contributed by atoms with E-state index < -0.39 is 6.10 Å². The average Bonchev–Trinajstić information content (AvgIpc) is 2.39. The highest BCUT2D eigenvalue weighted by molar-refractivity contribution is 6.30. The molecule has 2 nitrogen and oxygen atoms in total. The molecule has 0 radical (unpaired) electrons. The number of likely N-dealkylation sites (N-methyl/N-ethyl adjacent to an activating group) is 1. The fourth-order valence-corrected chi connectivity index (χ4v) is 2.07. The van der Waals surface area contributed by atoms with Crippen molar-refractivity contribution in [3.8, 4) is 0 Å². The Morgan fingerprint density at radius 3 is 2.50 bits per heavy atom. The maximum atomic E-state index is 10.2. The van der Waals surface area contributed by atoms with Gasteiger partial charge in [0.05, 0.1) is 6.10 Å². The number of hydrogen-bond acceptors (Lipinski definition) is 2. The Kier molecular flexibility index (Phi) is 4.24. The fourth-order valence-electron chi connectivity index (χ4n) is 1.87. The van der Waals surface area contributed by atoms with Gasteiger partial charge in [-0.3, -0.25) is 0 Å².